The van der Waals surface area contributed by atoms with Crippen molar-refractivity contribution < 1.29 is 18.0 Å². The van der Waals surface area contributed by atoms with Crippen LogP contribution in [0.15, 0.2) is 22.7 Å². The van der Waals surface area contributed by atoms with E-state index in [1.54, 1.807) is 18.2 Å². The number of hydrogen-bond acceptors (Lipinski definition) is 1. The van der Waals surface area contributed by atoms with Gasteiger partial charge in [-0.2, -0.15) is 13.2 Å². The van der Waals surface area contributed by atoms with Gasteiger partial charge in [0.1, 0.15) is 0 Å². The number of alkyl halides is 3. The lowest BCUT2D eigenvalue weighted by atomic mass is 9.81. The fourth-order valence-electron chi connectivity index (χ4n) is 2.50. The number of benzene rings is 1. The number of hydrogen-bond donors (Lipinski definition) is 1. The maximum absolute atomic E-state index is 12.6. The zero-order valence-electron chi connectivity index (χ0n) is 11.0. The Bertz CT molecular complexity index is 527. The summed E-state index contributed by atoms with van der Waals surface area (Å²) in [4.78, 5) is 12.1. The highest BCUT2D eigenvalue weighted by Crippen LogP contribution is 2.39. The summed E-state index contributed by atoms with van der Waals surface area (Å²) in [5.41, 5.74) is 0.547. The van der Waals surface area contributed by atoms with Gasteiger partial charge in [-0.05, 0) is 59.8 Å². The Kier molecular flexibility index (Phi) is 5.20. The Morgan fingerprint density at radius 3 is 2.38 bits per heavy atom. The molecular weight excluding hydrogens is 371 g/mol. The van der Waals surface area contributed by atoms with Gasteiger partial charge in [-0.15, -0.1) is 0 Å². The Hall–Kier alpha value is -0.750. The number of amides is 1. The van der Waals surface area contributed by atoms with Gasteiger partial charge in [0.25, 0.3) is 0 Å². The van der Waals surface area contributed by atoms with Crippen molar-refractivity contribution in [3.05, 3.63) is 27.7 Å². The predicted molar refractivity (Wildman–Crippen MR) is 79.3 cm³/mol. The summed E-state index contributed by atoms with van der Waals surface area (Å²) in [6.45, 7) is 0. The highest BCUT2D eigenvalue weighted by atomic mass is 79.9. The van der Waals surface area contributed by atoms with Crippen molar-refractivity contribution in [3.8, 4) is 0 Å². The quantitative estimate of drug-likeness (QED) is 0.726. The summed E-state index contributed by atoms with van der Waals surface area (Å²) in [5.74, 6) is -1.89. The van der Waals surface area contributed by atoms with E-state index in [0.29, 0.717) is 15.2 Å². The smallest absolute Gasteiger partial charge is 0.326 e. The van der Waals surface area contributed by atoms with Gasteiger partial charge in [0, 0.05) is 16.1 Å². The van der Waals surface area contributed by atoms with Crippen LogP contribution in [0.4, 0.5) is 18.9 Å². The molecule has 116 valence electrons. The molecule has 1 aromatic carbocycles. The first-order valence-corrected chi connectivity index (χ1v) is 7.77. The van der Waals surface area contributed by atoms with Crippen LogP contribution in [0, 0.1) is 11.8 Å². The highest BCUT2D eigenvalue weighted by Gasteiger charge is 2.42. The normalized spacial score (nSPS) is 22.9. The van der Waals surface area contributed by atoms with Crippen molar-refractivity contribution in [2.45, 2.75) is 31.9 Å². The summed E-state index contributed by atoms with van der Waals surface area (Å²) in [5, 5.41) is 3.17. The Labute approximate surface area is 134 Å². The number of halogens is 5. The van der Waals surface area contributed by atoms with E-state index in [2.05, 4.69) is 21.2 Å². The van der Waals surface area contributed by atoms with E-state index in [0.717, 1.165) is 0 Å². The topological polar surface area (TPSA) is 29.1 Å². The fourth-order valence-corrected chi connectivity index (χ4v) is 2.93. The van der Waals surface area contributed by atoms with Crippen LogP contribution in [-0.2, 0) is 4.79 Å². The molecule has 1 aromatic rings. The number of anilines is 1. The first-order chi connectivity index (χ1) is 9.77. The van der Waals surface area contributed by atoms with E-state index in [9.17, 15) is 18.0 Å². The van der Waals surface area contributed by atoms with Gasteiger partial charge >= 0.3 is 6.18 Å². The second-order valence-electron chi connectivity index (χ2n) is 5.21. The number of rotatable bonds is 2. The van der Waals surface area contributed by atoms with Gasteiger partial charge in [-0.3, -0.25) is 4.79 Å². The van der Waals surface area contributed by atoms with Crippen LogP contribution in [-0.4, -0.2) is 12.1 Å². The van der Waals surface area contributed by atoms with E-state index in [-0.39, 0.29) is 37.5 Å². The molecule has 1 aliphatic rings. The lowest BCUT2D eigenvalue weighted by Gasteiger charge is -2.29. The van der Waals surface area contributed by atoms with Crippen molar-refractivity contribution in [2.24, 2.45) is 11.8 Å². The van der Waals surface area contributed by atoms with Crippen LogP contribution in [0.25, 0.3) is 0 Å². The first-order valence-electron chi connectivity index (χ1n) is 6.60. The van der Waals surface area contributed by atoms with Gasteiger partial charge in [0.15, 0.2) is 0 Å². The lowest BCUT2D eigenvalue weighted by molar-refractivity contribution is -0.184. The average molecular weight is 385 g/mol. The van der Waals surface area contributed by atoms with Crippen molar-refractivity contribution in [2.75, 3.05) is 5.32 Å². The van der Waals surface area contributed by atoms with Crippen LogP contribution < -0.4 is 5.32 Å². The fraction of sp³-hybridized carbons (Fsp3) is 0.500. The van der Waals surface area contributed by atoms with Crippen molar-refractivity contribution in [1.29, 1.82) is 0 Å². The van der Waals surface area contributed by atoms with Crippen molar-refractivity contribution in [1.82, 2.24) is 0 Å². The molecule has 1 amide bonds. The second kappa shape index (κ2) is 6.57. The maximum Gasteiger partial charge on any atom is 0.391 e. The molecule has 0 spiro atoms. The molecule has 0 aromatic heterocycles. The zero-order chi connectivity index (χ0) is 15.6. The minimum Gasteiger partial charge on any atom is -0.326 e. The Morgan fingerprint density at radius 2 is 1.86 bits per heavy atom. The molecule has 0 heterocycles. The Morgan fingerprint density at radius 1 is 1.24 bits per heavy atom. The summed E-state index contributed by atoms with van der Waals surface area (Å²) in [7, 11) is 0. The average Bonchev–Trinajstić information content (AvgIpc) is 2.42. The summed E-state index contributed by atoms with van der Waals surface area (Å²) in [6, 6.07) is 5.00. The number of carbonyl (C=O) groups excluding carboxylic acids is 1. The van der Waals surface area contributed by atoms with E-state index < -0.39 is 12.1 Å². The van der Waals surface area contributed by atoms with Crippen LogP contribution in [0.5, 0.6) is 0 Å². The number of carbonyl (C=O) groups is 1. The predicted octanol–water partition coefficient (Wildman–Crippen LogP) is 5.41. The van der Waals surface area contributed by atoms with E-state index >= 15 is 0 Å². The van der Waals surface area contributed by atoms with Crippen LogP contribution in [0.1, 0.15) is 25.7 Å². The molecule has 2 rings (SSSR count). The molecule has 0 aliphatic heterocycles. The summed E-state index contributed by atoms with van der Waals surface area (Å²) in [6.07, 6.45) is -3.59. The molecule has 7 heteroatoms. The zero-order valence-corrected chi connectivity index (χ0v) is 13.4. The molecule has 0 atom stereocenters. The van der Waals surface area contributed by atoms with Crippen molar-refractivity contribution >= 4 is 39.1 Å². The van der Waals surface area contributed by atoms with Crippen molar-refractivity contribution in [3.63, 3.8) is 0 Å². The molecule has 0 saturated heterocycles. The molecule has 21 heavy (non-hydrogen) atoms. The van der Waals surface area contributed by atoms with Gasteiger partial charge in [-0.25, -0.2) is 0 Å². The third kappa shape index (κ3) is 4.36. The molecule has 0 unspecified atom stereocenters. The first kappa shape index (κ1) is 16.6. The largest absolute Gasteiger partial charge is 0.391 e. The molecule has 1 saturated carbocycles. The molecule has 1 aliphatic carbocycles. The molecule has 0 radical (unpaired) electrons. The molecule has 1 N–H and O–H groups in total. The van der Waals surface area contributed by atoms with Crippen LogP contribution in [0.3, 0.4) is 0 Å². The minimum absolute atomic E-state index is 0.0165. The van der Waals surface area contributed by atoms with E-state index in [4.69, 9.17) is 11.6 Å². The molecular formula is C14H14BrClF3NO. The van der Waals surface area contributed by atoms with E-state index in [1.165, 1.54) is 0 Å². The lowest BCUT2D eigenvalue weighted by Crippen LogP contribution is -2.32. The van der Waals surface area contributed by atoms with Gasteiger partial charge in [0.2, 0.25) is 5.91 Å². The standard InChI is InChI=1S/C14H14BrClF3NO/c15-11-6-5-10(7-12(11)16)20-13(21)8-1-3-9(4-2-8)14(17,18)19/h5-9H,1-4H2,(H,20,21). The van der Waals surface area contributed by atoms with Crippen LogP contribution >= 0.6 is 27.5 Å². The summed E-state index contributed by atoms with van der Waals surface area (Å²) >= 11 is 9.18. The van der Waals surface area contributed by atoms with Gasteiger partial charge < -0.3 is 5.32 Å². The highest BCUT2D eigenvalue weighted by molar-refractivity contribution is 9.10. The van der Waals surface area contributed by atoms with Gasteiger partial charge in [-0.1, -0.05) is 11.6 Å². The Balaban J connectivity index is 1.92. The third-order valence-electron chi connectivity index (χ3n) is 3.75. The van der Waals surface area contributed by atoms with Crippen LogP contribution in [0.2, 0.25) is 5.02 Å². The molecule has 2 nitrogen and oxygen atoms in total. The summed E-state index contributed by atoms with van der Waals surface area (Å²) < 4.78 is 38.5. The molecule has 1 fully saturated rings. The number of nitrogens with one attached hydrogen (secondary N) is 1. The second-order valence-corrected chi connectivity index (χ2v) is 6.47. The molecule has 0 bridgehead atoms. The third-order valence-corrected chi connectivity index (χ3v) is 4.98. The maximum atomic E-state index is 12.6. The minimum atomic E-state index is -4.15. The monoisotopic (exact) mass is 383 g/mol. The van der Waals surface area contributed by atoms with E-state index in [1.807, 2.05) is 0 Å². The SMILES string of the molecule is O=C(Nc1ccc(Br)c(Cl)c1)C1CCC(C(F)(F)F)CC1. The van der Waals surface area contributed by atoms with Gasteiger partial charge in [0.05, 0.1) is 10.9 Å².